The summed E-state index contributed by atoms with van der Waals surface area (Å²) in [6.07, 6.45) is 0. The Hall–Kier alpha value is -3.12. The van der Waals surface area contributed by atoms with E-state index >= 15 is 0 Å². The van der Waals surface area contributed by atoms with Crippen molar-refractivity contribution in [3.8, 4) is 0 Å². The quantitative estimate of drug-likeness (QED) is 0.311. The molecule has 4 aromatic rings. The van der Waals surface area contributed by atoms with Crippen LogP contribution >= 0.6 is 11.8 Å². The molecule has 0 spiro atoms. The number of nitrogens with zero attached hydrogens (tertiary/aromatic N) is 2. The minimum Gasteiger partial charge on any atom is -0.325 e. The second-order valence-corrected chi connectivity index (χ2v) is 8.13. The summed E-state index contributed by atoms with van der Waals surface area (Å²) in [5.41, 5.74) is 3.50. The van der Waals surface area contributed by atoms with E-state index in [1.807, 2.05) is 62.4 Å². The summed E-state index contributed by atoms with van der Waals surface area (Å²) in [5, 5.41) is 6.05. The molecule has 5 nitrogen and oxygen atoms in total. The van der Waals surface area contributed by atoms with Crippen LogP contribution in [-0.4, -0.2) is 21.2 Å². The third kappa shape index (κ3) is 4.03. The number of aromatic nitrogens is 2. The summed E-state index contributed by atoms with van der Waals surface area (Å²) >= 11 is 1.26. The van der Waals surface area contributed by atoms with Gasteiger partial charge in [0.1, 0.15) is 0 Å². The van der Waals surface area contributed by atoms with Crippen LogP contribution in [0.4, 0.5) is 5.69 Å². The van der Waals surface area contributed by atoms with Crippen LogP contribution in [0.5, 0.6) is 0 Å². The van der Waals surface area contributed by atoms with Crippen molar-refractivity contribution in [2.45, 2.75) is 19.0 Å². The highest BCUT2D eigenvalue weighted by Gasteiger charge is 2.12. The number of anilines is 1. The SMILES string of the molecule is Cc1cc(C)cc(NC(=O)CSc2nc3cc4ccccc4cc3c(=O)n2C)c1. The highest BCUT2D eigenvalue weighted by molar-refractivity contribution is 7.99. The Morgan fingerprint density at radius 1 is 1.03 bits per heavy atom. The zero-order valence-electron chi connectivity index (χ0n) is 16.5. The van der Waals surface area contributed by atoms with Gasteiger partial charge in [-0.1, -0.05) is 42.1 Å². The number of benzene rings is 3. The summed E-state index contributed by atoms with van der Waals surface area (Å²) in [7, 11) is 1.69. The van der Waals surface area contributed by atoms with Crippen LogP contribution in [-0.2, 0) is 11.8 Å². The Kier molecular flexibility index (Phi) is 5.11. The van der Waals surface area contributed by atoms with Gasteiger partial charge in [-0.2, -0.15) is 0 Å². The molecule has 0 aliphatic heterocycles. The smallest absolute Gasteiger partial charge is 0.261 e. The Labute approximate surface area is 172 Å². The average molecular weight is 404 g/mol. The van der Waals surface area contributed by atoms with Gasteiger partial charge in [-0.3, -0.25) is 14.2 Å². The Bertz CT molecular complexity index is 1290. The lowest BCUT2D eigenvalue weighted by Crippen LogP contribution is -2.21. The molecule has 0 bridgehead atoms. The Morgan fingerprint density at radius 2 is 1.69 bits per heavy atom. The molecule has 146 valence electrons. The monoisotopic (exact) mass is 403 g/mol. The topological polar surface area (TPSA) is 64.0 Å². The highest BCUT2D eigenvalue weighted by atomic mass is 32.2. The zero-order chi connectivity index (χ0) is 20.5. The van der Waals surface area contributed by atoms with Gasteiger partial charge in [-0.15, -0.1) is 0 Å². The third-order valence-electron chi connectivity index (χ3n) is 4.74. The fraction of sp³-hybridized carbons (Fsp3) is 0.174. The number of nitrogens with one attached hydrogen (secondary N) is 1. The lowest BCUT2D eigenvalue weighted by atomic mass is 10.1. The number of thioether (sulfide) groups is 1. The summed E-state index contributed by atoms with van der Waals surface area (Å²) in [6.45, 7) is 3.99. The summed E-state index contributed by atoms with van der Waals surface area (Å²) in [5.74, 6) is 0.0414. The van der Waals surface area contributed by atoms with Gasteiger partial charge >= 0.3 is 0 Å². The lowest BCUT2D eigenvalue weighted by Gasteiger charge is -2.10. The van der Waals surface area contributed by atoms with Crippen LogP contribution in [0.2, 0.25) is 0 Å². The lowest BCUT2D eigenvalue weighted by molar-refractivity contribution is -0.113. The van der Waals surface area contributed by atoms with E-state index in [0.29, 0.717) is 16.1 Å². The first-order chi connectivity index (χ1) is 13.9. The van der Waals surface area contributed by atoms with E-state index in [9.17, 15) is 9.59 Å². The molecule has 0 fully saturated rings. The van der Waals surface area contributed by atoms with E-state index in [4.69, 9.17) is 0 Å². The van der Waals surface area contributed by atoms with Crippen LogP contribution in [0.25, 0.3) is 21.7 Å². The minimum atomic E-state index is -0.132. The molecule has 3 aromatic carbocycles. The number of fused-ring (bicyclic) bond motifs is 2. The van der Waals surface area contributed by atoms with E-state index in [0.717, 1.165) is 27.6 Å². The first-order valence-electron chi connectivity index (χ1n) is 9.31. The van der Waals surface area contributed by atoms with Crippen molar-refractivity contribution >= 4 is 45.0 Å². The van der Waals surface area contributed by atoms with Crippen LogP contribution in [0, 0.1) is 13.8 Å². The van der Waals surface area contributed by atoms with Crippen LogP contribution in [0.3, 0.4) is 0 Å². The van der Waals surface area contributed by atoms with Gasteiger partial charge in [-0.05, 0) is 60.0 Å². The molecule has 1 heterocycles. The number of amides is 1. The second-order valence-electron chi connectivity index (χ2n) is 7.19. The maximum Gasteiger partial charge on any atom is 0.261 e. The summed E-state index contributed by atoms with van der Waals surface area (Å²) in [6, 6.07) is 17.6. The standard InChI is InChI=1S/C23H21N3O2S/c1-14-8-15(2)10-18(9-14)24-21(27)13-29-23-25-20-12-17-7-5-4-6-16(17)11-19(20)22(28)26(23)3/h4-12H,13H2,1-3H3,(H,24,27). The summed E-state index contributed by atoms with van der Waals surface area (Å²) in [4.78, 5) is 29.8. The molecule has 0 unspecified atom stereocenters. The third-order valence-corrected chi connectivity index (χ3v) is 5.77. The van der Waals surface area contributed by atoms with Gasteiger partial charge in [0.25, 0.3) is 5.56 Å². The van der Waals surface area contributed by atoms with E-state index in [1.54, 1.807) is 7.05 Å². The van der Waals surface area contributed by atoms with E-state index in [2.05, 4.69) is 16.4 Å². The fourth-order valence-electron chi connectivity index (χ4n) is 3.44. The first-order valence-corrected chi connectivity index (χ1v) is 10.3. The maximum atomic E-state index is 12.8. The van der Waals surface area contributed by atoms with Gasteiger partial charge < -0.3 is 5.32 Å². The molecule has 6 heteroatoms. The zero-order valence-corrected chi connectivity index (χ0v) is 17.3. The number of hydrogen-bond acceptors (Lipinski definition) is 4. The van der Waals surface area contributed by atoms with Gasteiger partial charge in [-0.25, -0.2) is 4.98 Å². The van der Waals surface area contributed by atoms with Crippen molar-refractivity contribution in [3.05, 3.63) is 76.1 Å². The molecule has 0 atom stereocenters. The number of aryl methyl sites for hydroxylation is 2. The molecule has 1 amide bonds. The summed E-state index contributed by atoms with van der Waals surface area (Å²) < 4.78 is 1.51. The van der Waals surface area contributed by atoms with E-state index in [1.165, 1.54) is 16.3 Å². The molecular weight excluding hydrogens is 382 g/mol. The number of rotatable bonds is 4. The van der Waals surface area contributed by atoms with Gasteiger partial charge in [0, 0.05) is 12.7 Å². The molecule has 0 radical (unpaired) electrons. The largest absolute Gasteiger partial charge is 0.325 e. The van der Waals surface area contributed by atoms with Crippen molar-refractivity contribution in [2.24, 2.45) is 7.05 Å². The molecule has 4 rings (SSSR count). The number of carbonyl (C=O) groups excluding carboxylic acids is 1. The molecule has 0 aliphatic carbocycles. The fourth-order valence-corrected chi connectivity index (χ4v) is 4.21. The van der Waals surface area contributed by atoms with E-state index in [-0.39, 0.29) is 17.2 Å². The van der Waals surface area contributed by atoms with Gasteiger partial charge in [0.2, 0.25) is 5.91 Å². The number of carbonyl (C=O) groups is 1. The van der Waals surface area contributed by atoms with E-state index < -0.39 is 0 Å². The van der Waals surface area contributed by atoms with Gasteiger partial charge in [0.05, 0.1) is 16.7 Å². The minimum absolute atomic E-state index is 0.113. The van der Waals surface area contributed by atoms with Gasteiger partial charge in [0.15, 0.2) is 5.16 Å². The van der Waals surface area contributed by atoms with Crippen LogP contribution in [0.1, 0.15) is 11.1 Å². The van der Waals surface area contributed by atoms with Crippen molar-refractivity contribution < 1.29 is 4.79 Å². The Balaban J connectivity index is 1.58. The highest BCUT2D eigenvalue weighted by Crippen LogP contribution is 2.22. The normalized spacial score (nSPS) is 11.1. The average Bonchev–Trinajstić information content (AvgIpc) is 2.67. The Morgan fingerprint density at radius 3 is 2.38 bits per heavy atom. The molecule has 29 heavy (non-hydrogen) atoms. The first kappa shape index (κ1) is 19.2. The second kappa shape index (κ2) is 7.72. The molecular formula is C23H21N3O2S. The maximum absolute atomic E-state index is 12.8. The molecule has 0 aliphatic rings. The van der Waals surface area contributed by atoms with Crippen molar-refractivity contribution in [3.63, 3.8) is 0 Å². The predicted octanol–water partition coefficient (Wildman–Crippen LogP) is 4.43. The van der Waals surface area contributed by atoms with Crippen molar-refractivity contribution in [1.82, 2.24) is 9.55 Å². The predicted molar refractivity (Wildman–Crippen MR) is 120 cm³/mol. The molecule has 1 N–H and O–H groups in total. The number of hydrogen-bond donors (Lipinski definition) is 1. The van der Waals surface area contributed by atoms with Crippen molar-refractivity contribution in [2.75, 3.05) is 11.1 Å². The van der Waals surface area contributed by atoms with Crippen LogP contribution in [0.15, 0.2) is 64.5 Å². The molecule has 0 saturated heterocycles. The molecule has 1 aromatic heterocycles. The van der Waals surface area contributed by atoms with Crippen molar-refractivity contribution in [1.29, 1.82) is 0 Å². The van der Waals surface area contributed by atoms with Crippen LogP contribution < -0.4 is 10.9 Å². The molecule has 0 saturated carbocycles.